The van der Waals surface area contributed by atoms with E-state index in [1.54, 1.807) is 0 Å². The Morgan fingerprint density at radius 3 is 2.38 bits per heavy atom. The summed E-state index contributed by atoms with van der Waals surface area (Å²) < 4.78 is 6.30. The number of H-pyrrole nitrogens is 1. The van der Waals surface area contributed by atoms with E-state index in [2.05, 4.69) is 69.8 Å². The van der Waals surface area contributed by atoms with Gasteiger partial charge in [-0.05, 0) is 83.4 Å². The Bertz CT molecular complexity index is 1040. The number of pyridine rings is 1. The molecular weight excluding hydrogens is 426 g/mol. The van der Waals surface area contributed by atoms with E-state index in [0.717, 1.165) is 42.6 Å². The van der Waals surface area contributed by atoms with Gasteiger partial charge in [0.25, 0.3) is 5.91 Å². The van der Waals surface area contributed by atoms with Crippen molar-refractivity contribution in [3.63, 3.8) is 0 Å². The van der Waals surface area contributed by atoms with Crippen LogP contribution in [0.15, 0.2) is 24.4 Å². The molecule has 7 heteroatoms. The lowest BCUT2D eigenvalue weighted by Gasteiger charge is -2.45. The first-order valence-electron chi connectivity index (χ1n) is 12.2. The molecule has 0 saturated carbocycles. The molecule has 4 N–H and O–H groups in total. The van der Waals surface area contributed by atoms with Crippen LogP contribution in [0.2, 0.25) is 0 Å². The Balaban J connectivity index is 1.99. The molecule has 0 bridgehead atoms. The highest BCUT2D eigenvalue weighted by atomic mass is 16.5. The summed E-state index contributed by atoms with van der Waals surface area (Å²) >= 11 is 0. The lowest BCUT2D eigenvalue weighted by atomic mass is 9.79. The van der Waals surface area contributed by atoms with Crippen molar-refractivity contribution in [3.8, 4) is 0 Å². The summed E-state index contributed by atoms with van der Waals surface area (Å²) in [5, 5.41) is 3.00. The van der Waals surface area contributed by atoms with Crippen LogP contribution in [0.25, 0.3) is 5.57 Å². The molecule has 1 fully saturated rings. The molecule has 7 nitrogen and oxygen atoms in total. The molecule has 1 saturated heterocycles. The van der Waals surface area contributed by atoms with Crippen LogP contribution in [0.1, 0.15) is 109 Å². The normalized spacial score (nSPS) is 18.6. The van der Waals surface area contributed by atoms with Crippen molar-refractivity contribution in [2.75, 3.05) is 11.1 Å². The van der Waals surface area contributed by atoms with Gasteiger partial charge in [-0.25, -0.2) is 4.98 Å². The van der Waals surface area contributed by atoms with Gasteiger partial charge in [0.05, 0.1) is 22.6 Å². The van der Waals surface area contributed by atoms with Crippen LogP contribution in [0.5, 0.6) is 0 Å². The monoisotopic (exact) mass is 467 g/mol. The molecule has 34 heavy (non-hydrogen) atoms. The first kappa shape index (κ1) is 25.9. The van der Waals surface area contributed by atoms with Crippen LogP contribution in [0.3, 0.4) is 0 Å². The minimum atomic E-state index is -0.341. The average Bonchev–Trinajstić information content (AvgIpc) is 3.12. The summed E-state index contributed by atoms with van der Waals surface area (Å²) in [6.07, 6.45) is 7.29. The molecule has 0 radical (unpaired) electrons. The Morgan fingerprint density at radius 2 is 1.85 bits per heavy atom. The zero-order valence-corrected chi connectivity index (χ0v) is 22.0. The number of aromatic amines is 1. The van der Waals surface area contributed by atoms with Crippen molar-refractivity contribution in [1.29, 1.82) is 0 Å². The Hall–Kier alpha value is -2.67. The number of allylic oxidation sites excluding steroid dienone is 2. The van der Waals surface area contributed by atoms with E-state index >= 15 is 0 Å². The van der Waals surface area contributed by atoms with E-state index < -0.39 is 0 Å². The van der Waals surface area contributed by atoms with Crippen LogP contribution < -0.4 is 11.1 Å². The fraction of sp³-hybridized carbons (Fsp3) is 0.593. The van der Waals surface area contributed by atoms with Crippen molar-refractivity contribution in [3.05, 3.63) is 41.6 Å². The van der Waals surface area contributed by atoms with Crippen LogP contribution in [0, 0.1) is 5.41 Å². The standard InChI is InChI=1S/C27H41N5O2/c1-9-17(12-13-25(2,3)4)22-20(31-24(33)23-29-16-21(28)32-23)11-10-19(30-22)18-14-26(5,6)34-27(7,8)15-18/h9-11,16,18H,12-15,28H2,1-8H3,(H,29,32)(H,31,33)/b17-9+. The first-order valence-corrected chi connectivity index (χ1v) is 12.2. The number of anilines is 2. The number of hydrogen-bond donors (Lipinski definition) is 3. The van der Waals surface area contributed by atoms with E-state index in [0.29, 0.717) is 5.69 Å². The molecule has 2 aromatic rings. The zero-order valence-electron chi connectivity index (χ0n) is 22.0. The SMILES string of the molecule is C/C=C(\CCC(C)(C)C)c1nc(C2CC(C)(C)OC(C)(C)C2)ccc1NC(=O)c1nc(N)c[nH]1. The van der Waals surface area contributed by atoms with Crippen molar-refractivity contribution in [2.45, 2.75) is 98.2 Å². The molecule has 3 rings (SSSR count). The number of carbonyl (C=O) groups is 1. The number of nitrogen functional groups attached to an aromatic ring is 1. The maximum absolute atomic E-state index is 12.8. The molecule has 2 aromatic heterocycles. The summed E-state index contributed by atoms with van der Waals surface area (Å²) in [5.74, 6) is 0.389. The number of nitrogens with zero attached hydrogens (tertiary/aromatic N) is 2. The Morgan fingerprint density at radius 1 is 1.21 bits per heavy atom. The first-order chi connectivity index (χ1) is 15.7. The third kappa shape index (κ3) is 6.69. The topological polar surface area (TPSA) is 106 Å². The number of amides is 1. The molecule has 0 spiro atoms. The molecule has 1 aliphatic rings. The van der Waals surface area contributed by atoms with E-state index in [1.165, 1.54) is 6.20 Å². The summed E-state index contributed by atoms with van der Waals surface area (Å²) in [5.41, 5.74) is 9.07. The molecule has 1 amide bonds. The van der Waals surface area contributed by atoms with Gasteiger partial charge in [0.1, 0.15) is 5.82 Å². The second-order valence-corrected chi connectivity index (χ2v) is 11.9. The van der Waals surface area contributed by atoms with Crippen molar-refractivity contribution in [1.82, 2.24) is 15.0 Å². The largest absolute Gasteiger partial charge is 0.382 e. The number of imidazole rings is 1. The van der Waals surface area contributed by atoms with Crippen LogP contribution >= 0.6 is 0 Å². The van der Waals surface area contributed by atoms with E-state index in [4.69, 9.17) is 15.5 Å². The highest BCUT2D eigenvalue weighted by Crippen LogP contribution is 2.43. The van der Waals surface area contributed by atoms with Gasteiger partial charge in [0.15, 0.2) is 5.82 Å². The number of nitrogens with two attached hydrogens (primary N) is 1. The lowest BCUT2D eigenvalue weighted by Crippen LogP contribution is -2.44. The van der Waals surface area contributed by atoms with Crippen molar-refractivity contribution >= 4 is 23.0 Å². The number of carbonyl (C=O) groups excluding carboxylic acids is 1. The second-order valence-electron chi connectivity index (χ2n) is 11.9. The van der Waals surface area contributed by atoms with Crippen molar-refractivity contribution < 1.29 is 9.53 Å². The molecule has 186 valence electrons. The molecule has 0 aromatic carbocycles. The van der Waals surface area contributed by atoms with Gasteiger partial charge in [-0.3, -0.25) is 9.78 Å². The second kappa shape index (κ2) is 9.53. The number of nitrogens with one attached hydrogen (secondary N) is 2. The van der Waals surface area contributed by atoms with Crippen LogP contribution in [0.4, 0.5) is 11.5 Å². The summed E-state index contributed by atoms with van der Waals surface area (Å²) in [7, 11) is 0. The minimum absolute atomic E-state index is 0.178. The number of aromatic nitrogens is 3. The molecule has 0 unspecified atom stereocenters. The van der Waals surface area contributed by atoms with Gasteiger partial charge in [0.2, 0.25) is 0 Å². The fourth-order valence-electron chi connectivity index (χ4n) is 4.89. The molecule has 0 atom stereocenters. The highest BCUT2D eigenvalue weighted by Gasteiger charge is 2.40. The van der Waals surface area contributed by atoms with Gasteiger partial charge in [-0.1, -0.05) is 26.8 Å². The zero-order chi connectivity index (χ0) is 25.3. The third-order valence-electron chi connectivity index (χ3n) is 6.22. The van der Waals surface area contributed by atoms with E-state index in [9.17, 15) is 4.79 Å². The van der Waals surface area contributed by atoms with Crippen molar-refractivity contribution in [2.24, 2.45) is 5.41 Å². The maximum Gasteiger partial charge on any atom is 0.291 e. The number of hydrogen-bond acceptors (Lipinski definition) is 5. The quantitative estimate of drug-likeness (QED) is 0.461. The lowest BCUT2D eigenvalue weighted by molar-refractivity contribution is -0.162. The van der Waals surface area contributed by atoms with E-state index in [-0.39, 0.29) is 40.1 Å². The molecule has 3 heterocycles. The maximum atomic E-state index is 12.8. The van der Waals surface area contributed by atoms with Crippen LogP contribution in [-0.4, -0.2) is 32.1 Å². The highest BCUT2D eigenvalue weighted by molar-refractivity contribution is 6.03. The molecule has 0 aliphatic carbocycles. The van der Waals surface area contributed by atoms with Gasteiger partial charge in [-0.15, -0.1) is 0 Å². The Kier molecular flexibility index (Phi) is 7.27. The predicted octanol–water partition coefficient (Wildman–Crippen LogP) is 6.32. The van der Waals surface area contributed by atoms with Gasteiger partial charge in [-0.2, -0.15) is 0 Å². The summed E-state index contributed by atoms with van der Waals surface area (Å²) in [6, 6.07) is 4.01. The van der Waals surface area contributed by atoms with Gasteiger partial charge in [0, 0.05) is 17.8 Å². The fourth-order valence-corrected chi connectivity index (χ4v) is 4.89. The smallest absolute Gasteiger partial charge is 0.291 e. The summed E-state index contributed by atoms with van der Waals surface area (Å²) in [6.45, 7) is 17.3. The molecule has 1 aliphatic heterocycles. The average molecular weight is 468 g/mol. The van der Waals surface area contributed by atoms with Crippen LogP contribution in [-0.2, 0) is 4.74 Å². The van der Waals surface area contributed by atoms with Gasteiger partial charge < -0.3 is 20.8 Å². The summed E-state index contributed by atoms with van der Waals surface area (Å²) in [4.78, 5) is 24.9. The van der Waals surface area contributed by atoms with E-state index in [1.807, 2.05) is 19.1 Å². The Labute approximate surface area is 204 Å². The third-order valence-corrected chi connectivity index (χ3v) is 6.22. The molecular formula is C27H41N5O2. The predicted molar refractivity (Wildman–Crippen MR) is 139 cm³/mol. The minimum Gasteiger partial charge on any atom is -0.382 e. The van der Waals surface area contributed by atoms with Gasteiger partial charge >= 0.3 is 0 Å². The number of rotatable bonds is 6. The number of ether oxygens (including phenoxy) is 1.